The molecule has 1 aromatic carbocycles. The summed E-state index contributed by atoms with van der Waals surface area (Å²) in [6.45, 7) is 3.41. The number of nitrogen functional groups attached to an aromatic ring is 1. The van der Waals surface area contributed by atoms with Crippen LogP contribution in [0.15, 0.2) is 30.5 Å². The molecule has 18 heavy (non-hydrogen) atoms. The summed E-state index contributed by atoms with van der Waals surface area (Å²) in [6, 6.07) is 8.10. The number of hydrogen-bond acceptors (Lipinski definition) is 3. The van der Waals surface area contributed by atoms with Gasteiger partial charge >= 0.3 is 0 Å². The summed E-state index contributed by atoms with van der Waals surface area (Å²) in [5.74, 6) is 1.70. The molecule has 0 radical (unpaired) electrons. The van der Waals surface area contributed by atoms with Gasteiger partial charge in [0, 0.05) is 25.2 Å². The normalized spacial score (nSPS) is 22.1. The summed E-state index contributed by atoms with van der Waals surface area (Å²) < 4.78 is 0. The van der Waals surface area contributed by atoms with Crippen LogP contribution in [-0.2, 0) is 0 Å². The lowest BCUT2D eigenvalue weighted by atomic mass is 10.1. The van der Waals surface area contributed by atoms with Gasteiger partial charge in [0.25, 0.3) is 0 Å². The quantitative estimate of drug-likeness (QED) is 0.840. The topological polar surface area (TPSA) is 42.2 Å². The molecule has 1 heterocycles. The van der Waals surface area contributed by atoms with Crippen molar-refractivity contribution in [1.29, 1.82) is 0 Å². The standard InChI is InChI=1S/C15H19N3/c1-10-8-11(10)9-18(2)14-6-5-13-12(15(14)16)4-3-7-17-13/h3-7,10-11H,8-9,16H2,1-2H3. The summed E-state index contributed by atoms with van der Waals surface area (Å²) in [4.78, 5) is 6.60. The van der Waals surface area contributed by atoms with Crippen LogP contribution in [0.25, 0.3) is 10.9 Å². The van der Waals surface area contributed by atoms with E-state index in [1.54, 1.807) is 6.20 Å². The molecule has 0 amide bonds. The van der Waals surface area contributed by atoms with Crippen LogP contribution in [0.3, 0.4) is 0 Å². The van der Waals surface area contributed by atoms with Crippen molar-refractivity contribution in [2.75, 3.05) is 24.2 Å². The van der Waals surface area contributed by atoms with Crippen LogP contribution >= 0.6 is 0 Å². The minimum atomic E-state index is 0.832. The fourth-order valence-electron chi connectivity index (χ4n) is 2.60. The molecule has 1 fully saturated rings. The highest BCUT2D eigenvalue weighted by atomic mass is 15.1. The third-order valence-electron chi connectivity index (χ3n) is 4.00. The average molecular weight is 241 g/mol. The first-order chi connectivity index (χ1) is 8.66. The van der Waals surface area contributed by atoms with Gasteiger partial charge in [0.2, 0.25) is 0 Å². The fourth-order valence-corrected chi connectivity index (χ4v) is 2.60. The van der Waals surface area contributed by atoms with Crippen molar-refractivity contribution in [3.8, 4) is 0 Å². The Kier molecular flexibility index (Phi) is 2.62. The maximum Gasteiger partial charge on any atom is 0.0724 e. The summed E-state index contributed by atoms with van der Waals surface area (Å²) >= 11 is 0. The van der Waals surface area contributed by atoms with Gasteiger partial charge in [0.05, 0.1) is 16.9 Å². The molecule has 2 unspecified atom stereocenters. The molecule has 0 spiro atoms. The molecule has 0 saturated heterocycles. The number of rotatable bonds is 3. The molecule has 0 bridgehead atoms. The van der Waals surface area contributed by atoms with Crippen LogP contribution in [0.2, 0.25) is 0 Å². The number of benzene rings is 1. The van der Waals surface area contributed by atoms with Crippen molar-refractivity contribution < 1.29 is 0 Å². The zero-order valence-corrected chi connectivity index (χ0v) is 10.9. The second-order valence-corrected chi connectivity index (χ2v) is 5.42. The van der Waals surface area contributed by atoms with Crippen molar-refractivity contribution >= 4 is 22.3 Å². The van der Waals surface area contributed by atoms with E-state index in [1.807, 2.05) is 18.2 Å². The van der Waals surface area contributed by atoms with Gasteiger partial charge in [0.15, 0.2) is 0 Å². The van der Waals surface area contributed by atoms with Crippen LogP contribution in [0.1, 0.15) is 13.3 Å². The zero-order valence-electron chi connectivity index (χ0n) is 10.9. The lowest BCUT2D eigenvalue weighted by molar-refractivity contribution is 0.726. The molecule has 94 valence electrons. The molecule has 2 aromatic rings. The molecule has 3 nitrogen and oxygen atoms in total. The van der Waals surface area contributed by atoms with Crippen molar-refractivity contribution in [1.82, 2.24) is 4.98 Å². The second kappa shape index (κ2) is 4.16. The Balaban J connectivity index is 1.93. The molecular formula is C15H19N3. The lowest BCUT2D eigenvalue weighted by Crippen LogP contribution is -2.21. The summed E-state index contributed by atoms with van der Waals surface area (Å²) in [7, 11) is 2.12. The molecule has 3 heteroatoms. The Morgan fingerprint density at radius 2 is 2.17 bits per heavy atom. The van der Waals surface area contributed by atoms with Crippen molar-refractivity contribution in [2.45, 2.75) is 13.3 Å². The third kappa shape index (κ3) is 1.90. The van der Waals surface area contributed by atoms with E-state index in [9.17, 15) is 0 Å². The number of pyridine rings is 1. The predicted molar refractivity (Wildman–Crippen MR) is 76.7 cm³/mol. The first kappa shape index (κ1) is 11.3. The molecule has 0 aliphatic heterocycles. The van der Waals surface area contributed by atoms with E-state index in [-0.39, 0.29) is 0 Å². The first-order valence-electron chi connectivity index (χ1n) is 6.51. The number of nitrogens with zero attached hydrogens (tertiary/aromatic N) is 2. The van der Waals surface area contributed by atoms with E-state index in [0.29, 0.717) is 0 Å². The van der Waals surface area contributed by atoms with Gasteiger partial charge in [-0.05, 0) is 42.5 Å². The van der Waals surface area contributed by atoms with Crippen molar-refractivity contribution in [3.05, 3.63) is 30.5 Å². The van der Waals surface area contributed by atoms with E-state index in [0.717, 1.165) is 40.7 Å². The Morgan fingerprint density at radius 1 is 1.39 bits per heavy atom. The minimum Gasteiger partial charge on any atom is -0.396 e. The summed E-state index contributed by atoms with van der Waals surface area (Å²) in [6.07, 6.45) is 3.15. The highest BCUT2D eigenvalue weighted by molar-refractivity contribution is 5.97. The van der Waals surface area contributed by atoms with Gasteiger partial charge in [-0.2, -0.15) is 0 Å². The summed E-state index contributed by atoms with van der Waals surface area (Å²) in [5, 5.41) is 1.05. The van der Waals surface area contributed by atoms with Crippen molar-refractivity contribution in [2.24, 2.45) is 11.8 Å². The zero-order chi connectivity index (χ0) is 12.7. The van der Waals surface area contributed by atoms with Crippen molar-refractivity contribution in [3.63, 3.8) is 0 Å². The highest BCUT2D eigenvalue weighted by Crippen LogP contribution is 2.40. The first-order valence-corrected chi connectivity index (χ1v) is 6.51. The number of fused-ring (bicyclic) bond motifs is 1. The Morgan fingerprint density at radius 3 is 2.89 bits per heavy atom. The number of hydrogen-bond donors (Lipinski definition) is 1. The van der Waals surface area contributed by atoms with Gasteiger partial charge in [-0.15, -0.1) is 0 Å². The fraction of sp³-hybridized carbons (Fsp3) is 0.400. The van der Waals surface area contributed by atoms with Crippen LogP contribution in [0.5, 0.6) is 0 Å². The molecule has 1 saturated carbocycles. The Hall–Kier alpha value is -1.77. The number of anilines is 2. The third-order valence-corrected chi connectivity index (χ3v) is 4.00. The molecule has 1 aromatic heterocycles. The predicted octanol–water partition coefficient (Wildman–Crippen LogP) is 2.91. The van der Waals surface area contributed by atoms with Gasteiger partial charge in [0.1, 0.15) is 0 Å². The lowest BCUT2D eigenvalue weighted by Gasteiger charge is -2.22. The smallest absolute Gasteiger partial charge is 0.0724 e. The Bertz CT molecular complexity index is 579. The van der Waals surface area contributed by atoms with Crippen LogP contribution in [-0.4, -0.2) is 18.6 Å². The second-order valence-electron chi connectivity index (χ2n) is 5.42. The molecule has 1 aliphatic carbocycles. The van der Waals surface area contributed by atoms with E-state index in [4.69, 9.17) is 5.73 Å². The highest BCUT2D eigenvalue weighted by Gasteiger charge is 2.33. The van der Waals surface area contributed by atoms with Gasteiger partial charge in [-0.1, -0.05) is 6.92 Å². The SMILES string of the molecule is CC1CC1CN(C)c1ccc2ncccc2c1N. The number of aromatic nitrogens is 1. The van der Waals surface area contributed by atoms with E-state index in [1.165, 1.54) is 6.42 Å². The van der Waals surface area contributed by atoms with Crippen LogP contribution < -0.4 is 10.6 Å². The minimum absolute atomic E-state index is 0.832. The van der Waals surface area contributed by atoms with E-state index < -0.39 is 0 Å². The van der Waals surface area contributed by atoms with Crippen LogP contribution in [0.4, 0.5) is 11.4 Å². The van der Waals surface area contributed by atoms with Gasteiger partial charge < -0.3 is 10.6 Å². The largest absolute Gasteiger partial charge is 0.396 e. The molecular weight excluding hydrogens is 222 g/mol. The van der Waals surface area contributed by atoms with Gasteiger partial charge in [-0.3, -0.25) is 4.98 Å². The maximum absolute atomic E-state index is 6.27. The summed E-state index contributed by atoms with van der Waals surface area (Å²) in [5.41, 5.74) is 9.20. The van der Waals surface area contributed by atoms with E-state index >= 15 is 0 Å². The molecule has 3 rings (SSSR count). The monoisotopic (exact) mass is 241 g/mol. The van der Waals surface area contributed by atoms with Crippen LogP contribution in [0, 0.1) is 11.8 Å². The van der Waals surface area contributed by atoms with Gasteiger partial charge in [-0.25, -0.2) is 0 Å². The molecule has 2 N–H and O–H groups in total. The Labute approximate surface area is 108 Å². The molecule has 2 atom stereocenters. The number of nitrogens with two attached hydrogens (primary N) is 1. The maximum atomic E-state index is 6.27. The van der Waals surface area contributed by atoms with E-state index in [2.05, 4.69) is 29.9 Å². The molecule has 1 aliphatic rings. The average Bonchev–Trinajstić information content (AvgIpc) is 3.05.